The SMILES string of the molecule is Cc1ccc([C@@H]2CC(c3cccs3)=NN2C(=O)CSc2nc3c(cnn3-c3ccc(C)c(C)c3)c(=O)[nH]2)cc1. The van der Waals surface area contributed by atoms with Gasteiger partial charge in [0.2, 0.25) is 0 Å². The molecule has 4 heterocycles. The van der Waals surface area contributed by atoms with Crippen molar-refractivity contribution in [2.45, 2.75) is 38.4 Å². The zero-order chi connectivity index (χ0) is 27.1. The molecule has 1 atom stereocenters. The van der Waals surface area contributed by atoms with Crippen LogP contribution in [0, 0.1) is 20.8 Å². The number of aromatic amines is 1. The first-order valence-corrected chi connectivity index (χ1v) is 14.4. The molecule has 0 fully saturated rings. The molecule has 6 rings (SSSR count). The fourth-order valence-electron chi connectivity index (χ4n) is 4.59. The van der Waals surface area contributed by atoms with Crippen LogP contribution in [0.5, 0.6) is 0 Å². The van der Waals surface area contributed by atoms with Gasteiger partial charge in [0.15, 0.2) is 10.8 Å². The second-order valence-electron chi connectivity index (χ2n) is 9.61. The Morgan fingerprint density at radius 3 is 2.67 bits per heavy atom. The van der Waals surface area contributed by atoms with Crippen LogP contribution in [-0.4, -0.2) is 42.1 Å². The number of amides is 1. The van der Waals surface area contributed by atoms with Crippen LogP contribution in [0.1, 0.15) is 39.6 Å². The number of hydrazone groups is 1. The fourth-order valence-corrected chi connectivity index (χ4v) is 6.02. The normalized spacial score (nSPS) is 15.2. The lowest BCUT2D eigenvalue weighted by atomic mass is 10.00. The molecule has 0 spiro atoms. The molecule has 2 aromatic carbocycles. The molecule has 0 saturated carbocycles. The van der Waals surface area contributed by atoms with Crippen molar-refractivity contribution < 1.29 is 4.79 Å². The van der Waals surface area contributed by atoms with Crippen LogP contribution in [0.4, 0.5) is 0 Å². The van der Waals surface area contributed by atoms with E-state index in [2.05, 4.69) is 39.3 Å². The number of thiophene rings is 1. The van der Waals surface area contributed by atoms with Crippen LogP contribution in [0.3, 0.4) is 0 Å². The number of hydrogen-bond donors (Lipinski definition) is 1. The Kier molecular flexibility index (Phi) is 6.66. The molecule has 1 amide bonds. The van der Waals surface area contributed by atoms with E-state index in [1.807, 2.05) is 56.5 Å². The molecule has 0 radical (unpaired) electrons. The zero-order valence-electron chi connectivity index (χ0n) is 21.7. The van der Waals surface area contributed by atoms with Crippen molar-refractivity contribution in [3.8, 4) is 5.69 Å². The summed E-state index contributed by atoms with van der Waals surface area (Å²) in [6.45, 7) is 6.13. The number of aromatic nitrogens is 4. The summed E-state index contributed by atoms with van der Waals surface area (Å²) in [4.78, 5) is 34.9. The summed E-state index contributed by atoms with van der Waals surface area (Å²) in [6, 6.07) is 18.0. The number of H-pyrrole nitrogens is 1. The Balaban J connectivity index is 1.27. The van der Waals surface area contributed by atoms with Crippen molar-refractivity contribution in [2.75, 3.05) is 5.75 Å². The van der Waals surface area contributed by atoms with Crippen LogP contribution >= 0.6 is 23.1 Å². The number of fused-ring (bicyclic) bond motifs is 1. The molecule has 196 valence electrons. The van der Waals surface area contributed by atoms with E-state index in [0.29, 0.717) is 22.6 Å². The van der Waals surface area contributed by atoms with Gasteiger partial charge >= 0.3 is 0 Å². The van der Waals surface area contributed by atoms with E-state index in [4.69, 9.17) is 5.10 Å². The Labute approximate surface area is 233 Å². The van der Waals surface area contributed by atoms with E-state index < -0.39 is 0 Å². The first kappa shape index (κ1) is 25.3. The van der Waals surface area contributed by atoms with Gasteiger partial charge in [-0.3, -0.25) is 9.59 Å². The minimum Gasteiger partial charge on any atom is -0.301 e. The number of carbonyl (C=O) groups excluding carboxylic acids is 1. The Hall–Kier alpha value is -4.02. The number of benzene rings is 2. The molecule has 8 nitrogen and oxygen atoms in total. The van der Waals surface area contributed by atoms with E-state index in [1.165, 1.54) is 23.5 Å². The fraction of sp³-hybridized carbons (Fsp3) is 0.207. The van der Waals surface area contributed by atoms with Crippen LogP contribution in [-0.2, 0) is 4.79 Å². The first-order valence-electron chi connectivity index (χ1n) is 12.6. The predicted octanol–water partition coefficient (Wildman–Crippen LogP) is 5.57. The van der Waals surface area contributed by atoms with Crippen LogP contribution < -0.4 is 5.56 Å². The Morgan fingerprint density at radius 2 is 1.92 bits per heavy atom. The topological polar surface area (TPSA) is 96.2 Å². The van der Waals surface area contributed by atoms with E-state index in [-0.39, 0.29) is 23.3 Å². The Bertz CT molecular complexity index is 1770. The molecule has 0 aliphatic carbocycles. The number of nitrogens with zero attached hydrogens (tertiary/aromatic N) is 5. The van der Waals surface area contributed by atoms with Crippen LogP contribution in [0.2, 0.25) is 0 Å². The summed E-state index contributed by atoms with van der Waals surface area (Å²) in [6.07, 6.45) is 2.17. The summed E-state index contributed by atoms with van der Waals surface area (Å²) in [5.41, 5.74) is 6.39. The second-order valence-corrected chi connectivity index (χ2v) is 11.5. The summed E-state index contributed by atoms with van der Waals surface area (Å²) >= 11 is 2.81. The summed E-state index contributed by atoms with van der Waals surface area (Å²) in [5.74, 6) is -0.0713. The minimum atomic E-state index is -0.290. The molecule has 1 N–H and O–H groups in total. The molecule has 39 heavy (non-hydrogen) atoms. The maximum absolute atomic E-state index is 13.5. The molecule has 1 aliphatic rings. The lowest BCUT2D eigenvalue weighted by molar-refractivity contribution is -0.130. The molecular weight excluding hydrogens is 528 g/mol. The number of thioether (sulfide) groups is 1. The van der Waals surface area contributed by atoms with Gasteiger partial charge in [-0.2, -0.15) is 10.2 Å². The highest BCUT2D eigenvalue weighted by Gasteiger charge is 2.33. The molecule has 3 aromatic heterocycles. The van der Waals surface area contributed by atoms with E-state index >= 15 is 0 Å². The van der Waals surface area contributed by atoms with Crippen molar-refractivity contribution in [3.05, 3.63) is 104 Å². The number of hydrogen-bond acceptors (Lipinski definition) is 7. The first-order chi connectivity index (χ1) is 18.9. The average Bonchev–Trinajstić information content (AvgIpc) is 3.69. The van der Waals surface area contributed by atoms with E-state index in [1.54, 1.807) is 21.0 Å². The second kappa shape index (κ2) is 10.3. The van der Waals surface area contributed by atoms with Gasteiger partial charge in [0.1, 0.15) is 5.39 Å². The number of nitrogens with one attached hydrogen (secondary N) is 1. The van der Waals surface area contributed by atoms with Gasteiger partial charge in [0.25, 0.3) is 11.5 Å². The summed E-state index contributed by atoms with van der Waals surface area (Å²) in [7, 11) is 0. The van der Waals surface area contributed by atoms with Crippen LogP contribution in [0.15, 0.2) is 81.2 Å². The molecule has 1 aliphatic heterocycles. The van der Waals surface area contributed by atoms with Gasteiger partial charge in [-0.25, -0.2) is 14.7 Å². The van der Waals surface area contributed by atoms with Crippen molar-refractivity contribution in [3.63, 3.8) is 0 Å². The monoisotopic (exact) mass is 554 g/mol. The van der Waals surface area contributed by atoms with Gasteiger partial charge in [-0.15, -0.1) is 11.3 Å². The minimum absolute atomic E-state index is 0.0792. The van der Waals surface area contributed by atoms with Gasteiger partial charge in [-0.1, -0.05) is 53.7 Å². The number of aryl methyl sites for hydroxylation is 3. The predicted molar refractivity (Wildman–Crippen MR) is 156 cm³/mol. The third-order valence-corrected chi connectivity index (χ3v) is 8.69. The molecule has 5 aromatic rings. The van der Waals surface area contributed by atoms with Crippen molar-refractivity contribution in [1.29, 1.82) is 0 Å². The van der Waals surface area contributed by atoms with Gasteiger partial charge in [-0.05, 0) is 61.0 Å². The van der Waals surface area contributed by atoms with Gasteiger partial charge in [0, 0.05) is 6.42 Å². The maximum atomic E-state index is 13.5. The largest absolute Gasteiger partial charge is 0.301 e. The van der Waals surface area contributed by atoms with Crippen molar-refractivity contribution in [2.24, 2.45) is 5.10 Å². The van der Waals surface area contributed by atoms with E-state index in [9.17, 15) is 9.59 Å². The highest BCUT2D eigenvalue weighted by atomic mass is 32.2. The smallest absolute Gasteiger partial charge is 0.262 e. The number of carbonyl (C=O) groups is 1. The van der Waals surface area contributed by atoms with Gasteiger partial charge in [0.05, 0.1) is 34.3 Å². The lowest BCUT2D eigenvalue weighted by Gasteiger charge is -2.22. The maximum Gasteiger partial charge on any atom is 0.262 e. The van der Waals surface area contributed by atoms with Gasteiger partial charge < -0.3 is 4.98 Å². The van der Waals surface area contributed by atoms with E-state index in [0.717, 1.165) is 33.0 Å². The third-order valence-electron chi connectivity index (χ3n) is 6.92. The number of rotatable bonds is 6. The zero-order valence-corrected chi connectivity index (χ0v) is 23.3. The quantitative estimate of drug-likeness (QED) is 0.219. The molecular formula is C29H26N6O2S2. The van der Waals surface area contributed by atoms with Crippen molar-refractivity contribution >= 4 is 45.8 Å². The summed E-state index contributed by atoms with van der Waals surface area (Å²) in [5, 5.41) is 13.5. The van der Waals surface area contributed by atoms with Crippen LogP contribution in [0.25, 0.3) is 16.7 Å². The standard InChI is InChI=1S/C29H26N6O2S2/c1-17-6-9-20(10-7-17)24-14-23(25-5-4-12-38-25)33-35(24)26(36)16-39-29-31-27-22(28(37)32-29)15-30-34(27)21-11-8-18(2)19(3)13-21/h4-13,15,24H,14,16H2,1-3H3,(H,31,32,37)/t24-/m0/s1. The third kappa shape index (κ3) is 4.93. The highest BCUT2D eigenvalue weighted by molar-refractivity contribution is 7.99. The highest BCUT2D eigenvalue weighted by Crippen LogP contribution is 2.34. The summed E-state index contributed by atoms with van der Waals surface area (Å²) < 4.78 is 1.66. The lowest BCUT2D eigenvalue weighted by Crippen LogP contribution is -2.28. The molecule has 0 bridgehead atoms. The Morgan fingerprint density at radius 1 is 1.10 bits per heavy atom. The molecule has 0 unspecified atom stereocenters. The average molecular weight is 555 g/mol. The van der Waals surface area contributed by atoms with Crippen molar-refractivity contribution in [1.82, 2.24) is 24.8 Å². The molecule has 10 heteroatoms. The molecule has 0 saturated heterocycles.